The van der Waals surface area contributed by atoms with Crippen molar-refractivity contribution in [2.45, 2.75) is 6.92 Å². The minimum Gasteiger partial charge on any atom is -0.465 e. The van der Waals surface area contributed by atoms with E-state index in [-0.39, 0.29) is 11.1 Å². The van der Waals surface area contributed by atoms with Crippen molar-refractivity contribution in [3.05, 3.63) is 57.3 Å². The Hall–Kier alpha value is -2.78. The number of carbonyl (C=O) groups is 3. The fraction of sp³-hybridized carbons (Fsp3) is 0.176. The minimum absolute atomic E-state index is 0.200. The highest BCUT2D eigenvalue weighted by Crippen LogP contribution is 2.21. The van der Waals surface area contributed by atoms with E-state index in [2.05, 4.69) is 4.74 Å². The summed E-state index contributed by atoms with van der Waals surface area (Å²) in [5.41, 5.74) is 0.489. The van der Waals surface area contributed by atoms with Gasteiger partial charge >= 0.3 is 5.97 Å². The molecule has 0 fully saturated rings. The topological polar surface area (TPSA) is 84.2 Å². The number of rotatable bonds is 5. The van der Waals surface area contributed by atoms with Gasteiger partial charge in [0.05, 0.1) is 23.6 Å². The van der Waals surface area contributed by atoms with Crippen LogP contribution in [-0.2, 0) is 4.74 Å². The van der Waals surface area contributed by atoms with Crippen LogP contribution in [0.3, 0.4) is 0 Å². The molecule has 0 aliphatic carbocycles. The van der Waals surface area contributed by atoms with Crippen molar-refractivity contribution in [2.24, 2.45) is 5.92 Å². The summed E-state index contributed by atoms with van der Waals surface area (Å²) in [7, 11) is 1.26. The molecule has 1 heterocycles. The summed E-state index contributed by atoms with van der Waals surface area (Å²) in [6, 6.07) is 10.8. The van der Waals surface area contributed by atoms with Gasteiger partial charge in [0.2, 0.25) is 0 Å². The average molecular weight is 327 g/mol. The van der Waals surface area contributed by atoms with Crippen molar-refractivity contribution < 1.29 is 19.1 Å². The van der Waals surface area contributed by atoms with Gasteiger partial charge in [0, 0.05) is 10.4 Å². The van der Waals surface area contributed by atoms with Gasteiger partial charge < -0.3 is 4.74 Å². The number of esters is 1. The van der Waals surface area contributed by atoms with Crippen molar-refractivity contribution in [3.63, 3.8) is 0 Å². The number of nitrogens with zero attached hydrogens (tertiary/aromatic N) is 1. The Morgan fingerprint density at radius 3 is 2.13 bits per heavy atom. The van der Waals surface area contributed by atoms with E-state index in [1.165, 1.54) is 42.7 Å². The molecule has 0 amide bonds. The lowest BCUT2D eigenvalue weighted by Gasteiger charge is -2.07. The average Bonchev–Trinajstić information content (AvgIpc) is 3.01. The molecule has 1 atom stereocenters. The molecule has 5 nitrogen and oxygen atoms in total. The maximum absolute atomic E-state index is 12.4. The first-order valence-electron chi connectivity index (χ1n) is 6.70. The van der Waals surface area contributed by atoms with Gasteiger partial charge in [-0.25, -0.2) is 4.79 Å². The minimum atomic E-state index is -1.39. The summed E-state index contributed by atoms with van der Waals surface area (Å²) in [6.07, 6.45) is 0. The van der Waals surface area contributed by atoms with Crippen LogP contribution in [0.2, 0.25) is 0 Å². The van der Waals surface area contributed by atoms with Crippen LogP contribution in [0.4, 0.5) is 0 Å². The molecule has 23 heavy (non-hydrogen) atoms. The molecule has 0 saturated heterocycles. The number of thiophene rings is 1. The molecule has 0 spiro atoms. The van der Waals surface area contributed by atoms with Crippen LogP contribution >= 0.6 is 11.3 Å². The van der Waals surface area contributed by atoms with E-state index in [9.17, 15) is 19.6 Å². The number of ether oxygens (including phenoxy) is 1. The molecule has 2 rings (SSSR count). The Morgan fingerprint density at radius 2 is 1.65 bits per heavy atom. The van der Waals surface area contributed by atoms with Gasteiger partial charge in [0.1, 0.15) is 0 Å². The van der Waals surface area contributed by atoms with Gasteiger partial charge in [-0.1, -0.05) is 12.1 Å². The van der Waals surface area contributed by atoms with Gasteiger partial charge in [-0.3, -0.25) is 9.59 Å². The molecule has 0 unspecified atom stereocenters. The molecule has 1 aromatic heterocycles. The second-order valence-corrected chi connectivity index (χ2v) is 6.06. The third-order valence-corrected chi connectivity index (χ3v) is 4.24. The van der Waals surface area contributed by atoms with Gasteiger partial charge in [-0.2, -0.15) is 5.26 Å². The van der Waals surface area contributed by atoms with Gasteiger partial charge in [-0.15, -0.1) is 11.3 Å². The Morgan fingerprint density at radius 1 is 1.04 bits per heavy atom. The second kappa shape index (κ2) is 6.99. The SMILES string of the molecule is COC(=O)c1ccc(C(=O)[C@@H](C#N)C(=O)c2ccc(C)s2)cc1. The van der Waals surface area contributed by atoms with E-state index >= 15 is 0 Å². The number of methoxy groups -OCH3 is 1. The van der Waals surface area contributed by atoms with Crippen LogP contribution in [0.15, 0.2) is 36.4 Å². The van der Waals surface area contributed by atoms with Crippen molar-refractivity contribution in [1.82, 2.24) is 0 Å². The molecule has 0 radical (unpaired) electrons. The smallest absolute Gasteiger partial charge is 0.337 e. The Bertz CT molecular complexity index is 799. The number of aryl methyl sites for hydroxylation is 1. The number of Topliss-reactive ketones (excluding diaryl/α,β-unsaturated/α-hetero) is 2. The van der Waals surface area contributed by atoms with E-state index in [0.29, 0.717) is 4.88 Å². The largest absolute Gasteiger partial charge is 0.465 e. The summed E-state index contributed by atoms with van der Waals surface area (Å²) >= 11 is 1.25. The molecule has 0 N–H and O–H groups in total. The first kappa shape index (κ1) is 16.6. The van der Waals surface area contributed by atoms with Crippen LogP contribution in [0.5, 0.6) is 0 Å². The Kier molecular flexibility index (Phi) is 5.04. The zero-order valence-electron chi connectivity index (χ0n) is 12.5. The van der Waals surface area contributed by atoms with Crippen molar-refractivity contribution in [2.75, 3.05) is 7.11 Å². The molecule has 116 valence electrons. The molecular weight excluding hydrogens is 314 g/mol. The van der Waals surface area contributed by atoms with Crippen LogP contribution < -0.4 is 0 Å². The summed E-state index contributed by atoms with van der Waals surface area (Å²) in [6.45, 7) is 1.84. The predicted molar refractivity (Wildman–Crippen MR) is 84.6 cm³/mol. The molecule has 1 aromatic carbocycles. The van der Waals surface area contributed by atoms with Crippen LogP contribution in [0, 0.1) is 24.2 Å². The van der Waals surface area contributed by atoms with Crippen LogP contribution in [0.1, 0.15) is 35.3 Å². The van der Waals surface area contributed by atoms with Crippen LogP contribution in [0.25, 0.3) is 0 Å². The number of nitriles is 1. The summed E-state index contributed by atoms with van der Waals surface area (Å²) in [5.74, 6) is -3.00. The van der Waals surface area contributed by atoms with Crippen LogP contribution in [-0.4, -0.2) is 24.6 Å². The summed E-state index contributed by atoms with van der Waals surface area (Å²) < 4.78 is 4.57. The monoisotopic (exact) mass is 327 g/mol. The van der Waals surface area contributed by atoms with Gasteiger partial charge in [0.25, 0.3) is 0 Å². The number of hydrogen-bond donors (Lipinski definition) is 0. The van der Waals surface area contributed by atoms with Gasteiger partial charge in [-0.05, 0) is 31.2 Å². The number of ketones is 2. The fourth-order valence-corrected chi connectivity index (χ4v) is 2.84. The standard InChI is InChI=1S/C17H13NO4S/c1-10-3-8-14(23-10)16(20)13(9-18)15(19)11-4-6-12(7-5-11)17(21)22-2/h3-8,13H,1-2H3/t13-/m1/s1. The van der Waals surface area contributed by atoms with Crippen molar-refractivity contribution >= 4 is 28.9 Å². The molecule has 0 saturated carbocycles. The maximum Gasteiger partial charge on any atom is 0.337 e. The highest BCUT2D eigenvalue weighted by atomic mass is 32.1. The highest BCUT2D eigenvalue weighted by Gasteiger charge is 2.29. The molecule has 0 aliphatic heterocycles. The predicted octanol–water partition coefficient (Wildman–Crippen LogP) is 3.05. The molecule has 0 bridgehead atoms. The molecular formula is C17H13NO4S. The van der Waals surface area contributed by atoms with Crippen molar-refractivity contribution in [3.8, 4) is 6.07 Å². The van der Waals surface area contributed by atoms with Gasteiger partial charge in [0.15, 0.2) is 17.5 Å². The third kappa shape index (κ3) is 3.52. The summed E-state index contributed by atoms with van der Waals surface area (Å²) in [5, 5.41) is 9.22. The number of benzene rings is 1. The van der Waals surface area contributed by atoms with Crippen molar-refractivity contribution in [1.29, 1.82) is 5.26 Å². The zero-order valence-corrected chi connectivity index (χ0v) is 13.3. The Labute approximate surface area is 137 Å². The number of carbonyl (C=O) groups excluding carboxylic acids is 3. The zero-order chi connectivity index (χ0) is 17.0. The lowest BCUT2D eigenvalue weighted by Crippen LogP contribution is -2.22. The van der Waals surface area contributed by atoms with E-state index in [0.717, 1.165) is 4.88 Å². The second-order valence-electron chi connectivity index (χ2n) is 4.77. The molecule has 2 aromatic rings. The lowest BCUT2D eigenvalue weighted by molar-refractivity contribution is 0.0600. The fourth-order valence-electron chi connectivity index (χ4n) is 2.00. The van der Waals surface area contributed by atoms with E-state index < -0.39 is 23.5 Å². The molecule has 0 aliphatic rings. The number of hydrogen-bond acceptors (Lipinski definition) is 6. The maximum atomic E-state index is 12.4. The van der Waals surface area contributed by atoms with E-state index in [4.69, 9.17) is 0 Å². The lowest BCUT2D eigenvalue weighted by atomic mass is 9.93. The van der Waals surface area contributed by atoms with E-state index in [1.54, 1.807) is 18.2 Å². The molecule has 6 heteroatoms. The summed E-state index contributed by atoms with van der Waals surface area (Å²) in [4.78, 5) is 37.4. The first-order chi connectivity index (χ1) is 11.0. The normalized spacial score (nSPS) is 11.3. The third-order valence-electron chi connectivity index (χ3n) is 3.23. The first-order valence-corrected chi connectivity index (χ1v) is 7.52. The highest BCUT2D eigenvalue weighted by molar-refractivity contribution is 7.14. The Balaban J connectivity index is 2.25. The van der Waals surface area contributed by atoms with E-state index in [1.807, 2.05) is 6.92 Å². The quantitative estimate of drug-likeness (QED) is 0.479.